The predicted octanol–water partition coefficient (Wildman–Crippen LogP) is 15.8. The first-order valence-corrected chi connectivity index (χ1v) is 23.1. The highest BCUT2D eigenvalue weighted by Crippen LogP contribution is 2.42. The Labute approximate surface area is 400 Å². The lowest BCUT2D eigenvalue weighted by Gasteiger charge is -2.18. The minimum Gasteiger partial charge on any atom is -0.361 e. The molecule has 0 saturated heterocycles. The Morgan fingerprint density at radius 3 is 1.14 bits per heavy atom. The molecule has 0 saturated carbocycles. The smallest absolute Gasteiger partial charge is 0.0927 e. The Kier molecular flexibility index (Phi) is 10.6. The lowest BCUT2D eigenvalue weighted by molar-refractivity contribution is 0.896. The van der Waals surface area contributed by atoms with E-state index in [2.05, 4.69) is 194 Å². The van der Waals surface area contributed by atoms with Crippen molar-refractivity contribution in [3.8, 4) is 78.1 Å². The van der Waals surface area contributed by atoms with Crippen LogP contribution in [0.3, 0.4) is 0 Å². The third-order valence-corrected chi connectivity index (χ3v) is 12.9. The molecule has 2 heterocycles. The summed E-state index contributed by atoms with van der Waals surface area (Å²) >= 11 is 0. The summed E-state index contributed by atoms with van der Waals surface area (Å²) in [4.78, 5) is 0. The highest BCUT2D eigenvalue weighted by molar-refractivity contribution is 6.09. The molecule has 0 spiro atoms. The first-order valence-electron chi connectivity index (χ1n) is 23.1. The van der Waals surface area contributed by atoms with E-state index < -0.39 is 0 Å². The summed E-state index contributed by atoms with van der Waals surface area (Å²) in [5, 5.41) is 23.6. The third kappa shape index (κ3) is 8.17. The molecule has 12 rings (SSSR count). The maximum absolute atomic E-state index is 8.27. The molecule has 2 aromatic heterocycles. The SMILES string of the molecule is N=C1C=CC=C/C1=C/Nc1ccc(-c2ccccc2-c2cc(-c3ccccc3-c3ccc(-n4cc5ccccc5n4)cc3)cc(-c3ccccc3-c3ccc(-n4cc5ccccc5n4)cc3)c2)cc1. The van der Waals surface area contributed by atoms with Crippen LogP contribution < -0.4 is 5.32 Å². The molecular weight excluding hydrogens is 841 g/mol. The first-order chi connectivity index (χ1) is 34.1. The number of rotatable bonds is 10. The van der Waals surface area contributed by atoms with E-state index in [1.54, 1.807) is 6.08 Å². The van der Waals surface area contributed by atoms with Crippen LogP contribution in [0.5, 0.6) is 0 Å². The summed E-state index contributed by atoms with van der Waals surface area (Å²) in [7, 11) is 0. The predicted molar refractivity (Wildman–Crippen MR) is 286 cm³/mol. The minimum absolute atomic E-state index is 0.483. The van der Waals surface area contributed by atoms with Crippen molar-refractivity contribution in [2.24, 2.45) is 0 Å². The quantitative estimate of drug-likeness (QED) is 0.144. The van der Waals surface area contributed by atoms with E-state index in [0.29, 0.717) is 5.71 Å². The highest BCUT2D eigenvalue weighted by atomic mass is 15.3. The van der Waals surface area contributed by atoms with Crippen molar-refractivity contribution in [3.63, 3.8) is 0 Å². The largest absolute Gasteiger partial charge is 0.361 e. The number of anilines is 1. The molecule has 0 radical (unpaired) electrons. The second-order valence-electron chi connectivity index (χ2n) is 17.2. The van der Waals surface area contributed by atoms with Gasteiger partial charge in [0.25, 0.3) is 0 Å². The van der Waals surface area contributed by atoms with Gasteiger partial charge in [0.1, 0.15) is 0 Å². The highest BCUT2D eigenvalue weighted by Gasteiger charge is 2.17. The van der Waals surface area contributed by atoms with Crippen LogP contribution in [0, 0.1) is 5.41 Å². The number of nitrogens with one attached hydrogen (secondary N) is 2. The minimum atomic E-state index is 0.483. The number of hydrogen-bond acceptors (Lipinski definition) is 4. The van der Waals surface area contributed by atoms with Crippen LogP contribution in [0.2, 0.25) is 0 Å². The average molecular weight is 885 g/mol. The molecule has 6 heteroatoms. The normalized spacial score (nSPS) is 12.9. The second-order valence-corrected chi connectivity index (χ2v) is 17.2. The summed E-state index contributed by atoms with van der Waals surface area (Å²) in [5.41, 5.74) is 19.8. The number of aromatic nitrogens is 4. The Bertz CT molecular complexity index is 3560. The van der Waals surface area contributed by atoms with Crippen molar-refractivity contribution < 1.29 is 0 Å². The Balaban J connectivity index is 0.956. The van der Waals surface area contributed by atoms with Gasteiger partial charge < -0.3 is 10.7 Å². The number of allylic oxidation sites excluding steroid dienone is 5. The van der Waals surface area contributed by atoms with E-state index >= 15 is 0 Å². The molecule has 9 aromatic carbocycles. The lowest BCUT2D eigenvalue weighted by Crippen LogP contribution is -2.00. The summed E-state index contributed by atoms with van der Waals surface area (Å²) in [6, 6.07) is 75.6. The van der Waals surface area contributed by atoms with Gasteiger partial charge in [-0.05, 0) is 140 Å². The van der Waals surface area contributed by atoms with E-state index in [0.717, 1.165) is 111 Å². The number of hydrogen-bond donors (Lipinski definition) is 2. The van der Waals surface area contributed by atoms with Gasteiger partial charge in [-0.1, -0.05) is 164 Å². The van der Waals surface area contributed by atoms with Crippen LogP contribution in [-0.2, 0) is 0 Å². The molecule has 0 unspecified atom stereocenters. The van der Waals surface area contributed by atoms with E-state index in [1.807, 2.05) is 70.2 Å². The molecule has 2 N–H and O–H groups in total. The molecular formula is C63H44N6. The van der Waals surface area contributed by atoms with Crippen molar-refractivity contribution in [1.82, 2.24) is 19.6 Å². The van der Waals surface area contributed by atoms with Crippen LogP contribution in [0.1, 0.15) is 0 Å². The van der Waals surface area contributed by atoms with Crippen molar-refractivity contribution in [2.75, 3.05) is 5.32 Å². The molecule has 1 aliphatic rings. The standard InChI is InChI=1S/C63H44N6/c64-61-22-10-1-13-46(61)40-65-52-31-25-43(26-32-52)55-16-4-7-19-58(55)49-37-50(59-20-8-5-17-56(59)44-27-33-53(34-28-44)68-41-47-14-2-11-23-62(47)66-68)39-51(38-49)60-21-9-6-18-57(60)45-29-35-54(36-30-45)69-42-48-15-3-12-24-63(48)67-69/h1-42,64-65H/b46-40-,64-61?. The molecule has 6 nitrogen and oxygen atoms in total. The van der Waals surface area contributed by atoms with E-state index in [9.17, 15) is 0 Å². The molecule has 0 atom stereocenters. The van der Waals surface area contributed by atoms with E-state index in [4.69, 9.17) is 15.6 Å². The van der Waals surface area contributed by atoms with Gasteiger partial charge in [0.05, 0.1) is 28.1 Å². The van der Waals surface area contributed by atoms with Gasteiger partial charge in [-0.3, -0.25) is 0 Å². The zero-order chi connectivity index (χ0) is 46.1. The fraction of sp³-hybridized carbons (Fsp3) is 0. The van der Waals surface area contributed by atoms with E-state index in [1.165, 1.54) is 0 Å². The molecule has 0 aliphatic heterocycles. The van der Waals surface area contributed by atoms with Gasteiger partial charge in [-0.15, -0.1) is 0 Å². The zero-order valence-corrected chi connectivity index (χ0v) is 37.5. The van der Waals surface area contributed by atoms with Crippen molar-refractivity contribution >= 4 is 33.2 Å². The van der Waals surface area contributed by atoms with Gasteiger partial charge in [0, 0.05) is 40.6 Å². The van der Waals surface area contributed by atoms with Gasteiger partial charge in [-0.2, -0.15) is 10.2 Å². The maximum atomic E-state index is 8.27. The van der Waals surface area contributed by atoms with Crippen molar-refractivity contribution in [3.05, 3.63) is 261 Å². The first kappa shape index (κ1) is 41.1. The van der Waals surface area contributed by atoms with Crippen LogP contribution in [-0.4, -0.2) is 25.3 Å². The van der Waals surface area contributed by atoms with Crippen LogP contribution in [0.25, 0.3) is 99.9 Å². The van der Waals surface area contributed by atoms with Crippen LogP contribution in [0.15, 0.2) is 261 Å². The van der Waals surface area contributed by atoms with Crippen molar-refractivity contribution in [2.45, 2.75) is 0 Å². The molecule has 0 amide bonds. The molecule has 11 aromatic rings. The second kappa shape index (κ2) is 17.8. The molecule has 326 valence electrons. The molecule has 0 bridgehead atoms. The topological polar surface area (TPSA) is 71.5 Å². The Morgan fingerprint density at radius 2 is 0.739 bits per heavy atom. The Morgan fingerprint density at radius 1 is 0.377 bits per heavy atom. The van der Waals surface area contributed by atoms with Gasteiger partial charge >= 0.3 is 0 Å². The fourth-order valence-corrected chi connectivity index (χ4v) is 9.36. The van der Waals surface area contributed by atoms with Gasteiger partial charge in [0.15, 0.2) is 0 Å². The molecule has 69 heavy (non-hydrogen) atoms. The number of nitrogens with zero attached hydrogens (tertiary/aromatic N) is 4. The maximum Gasteiger partial charge on any atom is 0.0927 e. The van der Waals surface area contributed by atoms with E-state index in [-0.39, 0.29) is 0 Å². The number of fused-ring (bicyclic) bond motifs is 2. The summed E-state index contributed by atoms with van der Waals surface area (Å²) < 4.78 is 3.91. The fourth-order valence-electron chi connectivity index (χ4n) is 9.36. The summed E-state index contributed by atoms with van der Waals surface area (Å²) in [6.45, 7) is 0. The van der Waals surface area contributed by atoms with Crippen LogP contribution >= 0.6 is 0 Å². The lowest BCUT2D eigenvalue weighted by atomic mass is 9.86. The van der Waals surface area contributed by atoms with Crippen LogP contribution in [0.4, 0.5) is 5.69 Å². The number of benzene rings is 9. The van der Waals surface area contributed by atoms with Gasteiger partial charge in [0.2, 0.25) is 0 Å². The summed E-state index contributed by atoms with van der Waals surface area (Å²) in [6.07, 6.45) is 13.6. The van der Waals surface area contributed by atoms with Gasteiger partial charge in [-0.25, -0.2) is 9.36 Å². The van der Waals surface area contributed by atoms with Crippen molar-refractivity contribution in [1.29, 1.82) is 5.41 Å². The summed E-state index contributed by atoms with van der Waals surface area (Å²) in [5.74, 6) is 0. The zero-order valence-electron chi connectivity index (χ0n) is 37.5. The molecule has 1 aliphatic carbocycles. The Hall–Kier alpha value is -9.39. The average Bonchev–Trinajstić information content (AvgIpc) is 4.06. The third-order valence-electron chi connectivity index (χ3n) is 12.9. The monoisotopic (exact) mass is 884 g/mol. The molecule has 0 fully saturated rings.